The second kappa shape index (κ2) is 7.15. The number of hydrogen-bond donors (Lipinski definition) is 0. The average molecular weight is 403 g/mol. The number of carbonyl (C=O) groups excluding carboxylic acids is 1. The summed E-state index contributed by atoms with van der Waals surface area (Å²) in [5.74, 6) is -0.596. The third kappa shape index (κ3) is 3.35. The highest BCUT2D eigenvalue weighted by Crippen LogP contribution is 2.33. The van der Waals surface area contributed by atoms with E-state index in [0.29, 0.717) is 25.6 Å². The fourth-order valence-corrected chi connectivity index (χ4v) is 4.54. The lowest BCUT2D eigenvalue weighted by Gasteiger charge is -2.19. The summed E-state index contributed by atoms with van der Waals surface area (Å²) in [6.45, 7) is 0.344. The predicted molar refractivity (Wildman–Crippen MR) is 106 cm³/mol. The van der Waals surface area contributed by atoms with Crippen LogP contribution in [0.2, 0.25) is 4.34 Å². The van der Waals surface area contributed by atoms with Crippen molar-refractivity contribution < 1.29 is 9.18 Å². The van der Waals surface area contributed by atoms with E-state index in [9.17, 15) is 9.18 Å². The lowest BCUT2D eigenvalue weighted by Crippen LogP contribution is -2.29. The highest BCUT2D eigenvalue weighted by Gasteiger charge is 2.23. The van der Waals surface area contributed by atoms with Gasteiger partial charge in [0.2, 0.25) is 0 Å². The largest absolute Gasteiger partial charge is 0.279 e. The van der Waals surface area contributed by atoms with E-state index in [1.165, 1.54) is 28.7 Å². The van der Waals surface area contributed by atoms with Crippen molar-refractivity contribution in [3.63, 3.8) is 0 Å². The Balaban J connectivity index is 1.78. The van der Waals surface area contributed by atoms with E-state index >= 15 is 0 Å². The van der Waals surface area contributed by atoms with E-state index in [2.05, 4.69) is 4.98 Å². The summed E-state index contributed by atoms with van der Waals surface area (Å²) in [6, 6.07) is 17.8. The number of halogens is 2. The maximum Gasteiger partial charge on any atom is 0.270 e. The maximum absolute atomic E-state index is 14.0. The molecule has 0 radical (unpaired) electrons. The molecular weight excluding hydrogens is 391 g/mol. The van der Waals surface area contributed by atoms with Crippen LogP contribution in [-0.4, -0.2) is 10.9 Å². The summed E-state index contributed by atoms with van der Waals surface area (Å²) in [5, 5.41) is 0.462. The molecule has 0 aliphatic heterocycles. The van der Waals surface area contributed by atoms with Gasteiger partial charge in [0.15, 0.2) is 5.13 Å². The van der Waals surface area contributed by atoms with Crippen LogP contribution in [0.15, 0.2) is 60.7 Å². The van der Waals surface area contributed by atoms with Crippen molar-refractivity contribution in [1.82, 2.24) is 4.98 Å². The molecule has 4 rings (SSSR count). The number of nitrogens with zero attached hydrogens (tertiary/aromatic N) is 2. The molecule has 0 N–H and O–H groups in total. The van der Waals surface area contributed by atoms with Gasteiger partial charge in [-0.3, -0.25) is 9.69 Å². The first kappa shape index (κ1) is 17.1. The van der Waals surface area contributed by atoms with Crippen molar-refractivity contribution in [2.75, 3.05) is 4.90 Å². The summed E-state index contributed by atoms with van der Waals surface area (Å²) in [4.78, 5) is 19.5. The molecule has 0 saturated heterocycles. The Morgan fingerprint density at radius 3 is 2.54 bits per heavy atom. The van der Waals surface area contributed by atoms with Crippen molar-refractivity contribution in [1.29, 1.82) is 0 Å². The second-order valence-corrected chi connectivity index (χ2v) is 8.29. The number of carbonyl (C=O) groups is 1. The number of thiazole rings is 1. The fraction of sp³-hybridized carbons (Fsp3) is 0.0526. The quantitative estimate of drug-likeness (QED) is 0.419. The molecule has 1 amide bonds. The smallest absolute Gasteiger partial charge is 0.270 e. The monoisotopic (exact) mass is 402 g/mol. The van der Waals surface area contributed by atoms with Gasteiger partial charge < -0.3 is 0 Å². The molecule has 0 saturated carbocycles. The average Bonchev–Trinajstić information content (AvgIpc) is 3.27. The van der Waals surface area contributed by atoms with Gasteiger partial charge in [-0.05, 0) is 29.8 Å². The number of fused-ring (bicyclic) bond motifs is 1. The molecule has 0 fully saturated rings. The van der Waals surface area contributed by atoms with Crippen LogP contribution in [0.5, 0.6) is 0 Å². The minimum atomic E-state index is -0.392. The lowest BCUT2D eigenvalue weighted by molar-refractivity contribution is 0.0989. The molecular formula is C19H12ClFN2OS2. The van der Waals surface area contributed by atoms with E-state index in [1.807, 2.05) is 30.3 Å². The summed E-state index contributed by atoms with van der Waals surface area (Å²) in [5.41, 5.74) is 1.24. The van der Waals surface area contributed by atoms with Crippen LogP contribution in [0, 0.1) is 5.82 Å². The number of amides is 1. The predicted octanol–water partition coefficient (Wildman–Crippen LogP) is 6.00. The number of para-hydroxylation sites is 1. The minimum Gasteiger partial charge on any atom is -0.279 e. The van der Waals surface area contributed by atoms with Gasteiger partial charge in [0.25, 0.3) is 5.91 Å². The zero-order valence-electron chi connectivity index (χ0n) is 13.4. The van der Waals surface area contributed by atoms with Crippen molar-refractivity contribution in [3.05, 3.63) is 81.3 Å². The Morgan fingerprint density at radius 1 is 1.04 bits per heavy atom. The van der Waals surface area contributed by atoms with Gasteiger partial charge in [0.05, 0.1) is 20.5 Å². The van der Waals surface area contributed by atoms with E-state index in [0.717, 1.165) is 5.56 Å². The van der Waals surface area contributed by atoms with Gasteiger partial charge >= 0.3 is 0 Å². The van der Waals surface area contributed by atoms with Crippen LogP contribution in [0.25, 0.3) is 10.2 Å². The van der Waals surface area contributed by atoms with Gasteiger partial charge in [-0.25, -0.2) is 9.37 Å². The van der Waals surface area contributed by atoms with E-state index < -0.39 is 5.82 Å². The number of hydrogen-bond acceptors (Lipinski definition) is 4. The van der Waals surface area contributed by atoms with E-state index in [1.54, 1.807) is 29.2 Å². The molecule has 0 aliphatic rings. The van der Waals surface area contributed by atoms with Crippen LogP contribution in [0.1, 0.15) is 15.2 Å². The molecule has 0 spiro atoms. The zero-order chi connectivity index (χ0) is 18.1. The number of thiophene rings is 1. The number of aromatic nitrogens is 1. The summed E-state index contributed by atoms with van der Waals surface area (Å²) in [7, 11) is 0. The minimum absolute atomic E-state index is 0.204. The Labute approximate surface area is 162 Å². The molecule has 0 bridgehead atoms. The van der Waals surface area contributed by atoms with Gasteiger partial charge in [0, 0.05) is 0 Å². The molecule has 2 aromatic carbocycles. The molecule has 3 nitrogen and oxygen atoms in total. The van der Waals surface area contributed by atoms with Crippen LogP contribution in [-0.2, 0) is 6.54 Å². The first-order chi connectivity index (χ1) is 12.6. The van der Waals surface area contributed by atoms with Gasteiger partial charge in [0.1, 0.15) is 11.3 Å². The first-order valence-corrected chi connectivity index (χ1v) is 9.79. The standard InChI is InChI=1S/C19H12ClFN2OS2/c20-16-10-9-15(25-16)18(24)23(11-12-5-2-1-3-6-12)19-22-17-13(21)7-4-8-14(17)26-19/h1-10H,11H2. The Morgan fingerprint density at radius 2 is 1.85 bits per heavy atom. The summed E-state index contributed by atoms with van der Waals surface area (Å²) in [6.07, 6.45) is 0. The topological polar surface area (TPSA) is 33.2 Å². The van der Waals surface area contributed by atoms with Crippen LogP contribution in [0.4, 0.5) is 9.52 Å². The summed E-state index contributed by atoms with van der Waals surface area (Å²) < 4.78 is 15.3. The SMILES string of the molecule is O=C(c1ccc(Cl)s1)N(Cc1ccccc1)c1nc2c(F)cccc2s1. The molecule has 2 heterocycles. The molecule has 0 unspecified atom stereocenters. The Bertz CT molecular complexity index is 1080. The number of rotatable bonds is 4. The van der Waals surface area contributed by atoms with Crippen molar-refractivity contribution in [3.8, 4) is 0 Å². The van der Waals surface area contributed by atoms with Crippen molar-refractivity contribution >= 4 is 55.5 Å². The summed E-state index contributed by atoms with van der Waals surface area (Å²) >= 11 is 8.50. The lowest BCUT2D eigenvalue weighted by atomic mass is 10.2. The normalized spacial score (nSPS) is 11.0. The van der Waals surface area contributed by atoms with Crippen LogP contribution in [0.3, 0.4) is 0 Å². The molecule has 26 heavy (non-hydrogen) atoms. The molecule has 130 valence electrons. The zero-order valence-corrected chi connectivity index (χ0v) is 15.7. The van der Waals surface area contributed by atoms with E-state index in [4.69, 9.17) is 11.6 Å². The van der Waals surface area contributed by atoms with Crippen molar-refractivity contribution in [2.45, 2.75) is 6.54 Å². The van der Waals surface area contributed by atoms with Crippen molar-refractivity contribution in [2.24, 2.45) is 0 Å². The number of benzene rings is 2. The van der Waals surface area contributed by atoms with Gasteiger partial charge in [-0.1, -0.05) is 59.3 Å². The molecule has 0 aliphatic carbocycles. The first-order valence-electron chi connectivity index (χ1n) is 7.78. The Hall–Kier alpha value is -2.28. The van der Waals surface area contributed by atoms with Crippen LogP contribution < -0.4 is 4.90 Å². The van der Waals surface area contributed by atoms with Gasteiger partial charge in [-0.15, -0.1) is 11.3 Å². The molecule has 7 heteroatoms. The number of anilines is 1. The maximum atomic E-state index is 14.0. The highest BCUT2D eigenvalue weighted by molar-refractivity contribution is 7.22. The highest BCUT2D eigenvalue weighted by atomic mass is 35.5. The molecule has 4 aromatic rings. The Kier molecular flexibility index (Phi) is 4.72. The third-order valence-electron chi connectivity index (χ3n) is 3.80. The van der Waals surface area contributed by atoms with E-state index in [-0.39, 0.29) is 11.4 Å². The second-order valence-electron chi connectivity index (χ2n) is 5.56. The molecule has 2 aromatic heterocycles. The van der Waals surface area contributed by atoms with Gasteiger partial charge in [-0.2, -0.15) is 0 Å². The fourth-order valence-electron chi connectivity index (χ4n) is 2.57. The van der Waals surface area contributed by atoms with Crippen LogP contribution >= 0.6 is 34.3 Å². The third-order valence-corrected chi connectivity index (χ3v) is 6.06. The molecule has 0 atom stereocenters.